The second-order valence-electron chi connectivity index (χ2n) is 5.09. The van der Waals surface area contributed by atoms with Crippen molar-refractivity contribution in [2.45, 2.75) is 25.7 Å². The van der Waals surface area contributed by atoms with Crippen molar-refractivity contribution in [3.05, 3.63) is 52.7 Å². The van der Waals surface area contributed by atoms with E-state index in [9.17, 15) is 14.0 Å². The number of hydrogen-bond acceptors (Lipinski definition) is 3. The molecule has 0 unspecified atom stereocenters. The molecule has 3 rings (SSSR count). The minimum atomic E-state index is -0.672. The first-order chi connectivity index (χ1) is 10.2. The number of anilines is 2. The number of aryl methyl sites for hydroxylation is 2. The third-order valence-corrected chi connectivity index (χ3v) is 3.55. The zero-order chi connectivity index (χ0) is 14.8. The minimum Gasteiger partial charge on any atom is -0.339 e. The van der Waals surface area contributed by atoms with Crippen molar-refractivity contribution < 1.29 is 8.78 Å². The molecule has 1 N–H and O–H groups in total. The average molecular weight is 285 g/mol. The van der Waals surface area contributed by atoms with Crippen LogP contribution < -0.4 is 5.32 Å². The van der Waals surface area contributed by atoms with Crippen molar-refractivity contribution in [1.29, 1.82) is 5.26 Å². The number of fused-ring (bicyclic) bond motifs is 1. The Labute approximate surface area is 121 Å². The third-order valence-electron chi connectivity index (χ3n) is 3.55. The van der Waals surface area contributed by atoms with Crippen LogP contribution in [-0.2, 0) is 12.8 Å². The van der Waals surface area contributed by atoms with Crippen molar-refractivity contribution in [2.24, 2.45) is 0 Å². The van der Waals surface area contributed by atoms with E-state index in [-0.39, 0.29) is 5.69 Å². The van der Waals surface area contributed by atoms with Crippen molar-refractivity contribution in [3.63, 3.8) is 0 Å². The highest BCUT2D eigenvalue weighted by atomic mass is 19.1. The van der Waals surface area contributed by atoms with Crippen LogP contribution >= 0.6 is 0 Å². The van der Waals surface area contributed by atoms with E-state index in [0.29, 0.717) is 11.4 Å². The van der Waals surface area contributed by atoms with Gasteiger partial charge in [0.1, 0.15) is 23.5 Å². The van der Waals surface area contributed by atoms with Gasteiger partial charge in [-0.3, -0.25) is 0 Å². The predicted molar refractivity (Wildman–Crippen MR) is 75.2 cm³/mol. The number of nitrogens with one attached hydrogen (secondary N) is 1. The number of benzene rings is 1. The lowest BCUT2D eigenvalue weighted by Gasteiger charge is -2.17. The fourth-order valence-corrected chi connectivity index (χ4v) is 2.58. The highest BCUT2D eigenvalue weighted by Gasteiger charge is 2.15. The van der Waals surface area contributed by atoms with Crippen molar-refractivity contribution >= 4 is 11.5 Å². The highest BCUT2D eigenvalue weighted by Crippen LogP contribution is 2.26. The maximum Gasteiger partial charge on any atom is 0.148 e. The van der Waals surface area contributed by atoms with Crippen LogP contribution in [0, 0.1) is 23.0 Å². The van der Waals surface area contributed by atoms with Crippen LogP contribution in [0.2, 0.25) is 0 Å². The van der Waals surface area contributed by atoms with Crippen LogP contribution in [0.3, 0.4) is 0 Å². The molecule has 0 aliphatic heterocycles. The van der Waals surface area contributed by atoms with Crippen LogP contribution in [0.5, 0.6) is 0 Å². The first kappa shape index (κ1) is 13.5. The van der Waals surface area contributed by atoms with E-state index in [1.807, 2.05) is 6.07 Å². The zero-order valence-electron chi connectivity index (χ0n) is 11.3. The molecule has 0 radical (unpaired) electrons. The van der Waals surface area contributed by atoms with Gasteiger partial charge in [0.25, 0.3) is 0 Å². The van der Waals surface area contributed by atoms with Crippen LogP contribution in [0.1, 0.15) is 29.7 Å². The van der Waals surface area contributed by atoms with E-state index in [1.54, 1.807) is 0 Å². The smallest absolute Gasteiger partial charge is 0.148 e. The number of nitriles is 1. The SMILES string of the molecule is N#Cc1cc2c(nc1Nc1cc(F)cc(F)c1)CCCC2. The largest absolute Gasteiger partial charge is 0.339 e. The van der Waals surface area contributed by atoms with Gasteiger partial charge in [0.05, 0.1) is 5.56 Å². The van der Waals surface area contributed by atoms with E-state index >= 15 is 0 Å². The molecule has 0 atom stereocenters. The second kappa shape index (κ2) is 5.49. The molecule has 1 aromatic heterocycles. The number of hydrogen-bond donors (Lipinski definition) is 1. The summed E-state index contributed by atoms with van der Waals surface area (Å²) in [6.07, 6.45) is 3.96. The molecule has 3 nitrogen and oxygen atoms in total. The van der Waals surface area contributed by atoms with E-state index in [0.717, 1.165) is 43.0 Å². The summed E-state index contributed by atoms with van der Waals surface area (Å²) in [5.41, 5.74) is 2.68. The van der Waals surface area contributed by atoms with Gasteiger partial charge in [0.2, 0.25) is 0 Å². The summed E-state index contributed by atoms with van der Waals surface area (Å²) in [7, 11) is 0. The molecule has 1 aliphatic carbocycles. The molecule has 0 amide bonds. The lowest BCUT2D eigenvalue weighted by molar-refractivity contribution is 0.584. The van der Waals surface area contributed by atoms with Crippen molar-refractivity contribution in [1.82, 2.24) is 4.98 Å². The maximum absolute atomic E-state index is 13.2. The average Bonchev–Trinajstić information content (AvgIpc) is 2.45. The van der Waals surface area contributed by atoms with Crippen molar-refractivity contribution in [3.8, 4) is 6.07 Å². The molecule has 1 aromatic carbocycles. The summed E-state index contributed by atoms with van der Waals surface area (Å²) < 4.78 is 26.4. The Morgan fingerprint density at radius 1 is 1.05 bits per heavy atom. The van der Waals surface area contributed by atoms with E-state index in [4.69, 9.17) is 0 Å². The predicted octanol–water partition coefficient (Wildman–Crippen LogP) is 3.85. The first-order valence-corrected chi connectivity index (χ1v) is 6.82. The summed E-state index contributed by atoms with van der Waals surface area (Å²) in [5, 5.41) is 12.1. The summed E-state index contributed by atoms with van der Waals surface area (Å²) in [6.45, 7) is 0. The van der Waals surface area contributed by atoms with E-state index < -0.39 is 11.6 Å². The summed E-state index contributed by atoms with van der Waals surface area (Å²) in [6, 6.07) is 7.05. The zero-order valence-corrected chi connectivity index (χ0v) is 11.3. The molecule has 0 fully saturated rings. The second-order valence-corrected chi connectivity index (χ2v) is 5.09. The Bertz CT molecular complexity index is 715. The molecule has 5 heteroatoms. The number of aromatic nitrogens is 1. The summed E-state index contributed by atoms with van der Waals surface area (Å²) in [4.78, 5) is 4.46. The Morgan fingerprint density at radius 3 is 2.48 bits per heavy atom. The van der Waals surface area contributed by atoms with Gasteiger partial charge in [0.15, 0.2) is 0 Å². The Hall–Kier alpha value is -2.48. The molecular formula is C16H13F2N3. The molecule has 21 heavy (non-hydrogen) atoms. The molecule has 0 spiro atoms. The monoisotopic (exact) mass is 285 g/mol. The fraction of sp³-hybridized carbons (Fsp3) is 0.250. The molecular weight excluding hydrogens is 272 g/mol. The highest BCUT2D eigenvalue weighted by molar-refractivity contribution is 5.63. The van der Waals surface area contributed by atoms with Crippen LogP contribution in [0.4, 0.5) is 20.3 Å². The summed E-state index contributed by atoms with van der Waals surface area (Å²) >= 11 is 0. The van der Waals surface area contributed by atoms with Gasteiger partial charge in [-0.05, 0) is 49.4 Å². The summed E-state index contributed by atoms with van der Waals surface area (Å²) in [5.74, 6) is -0.994. The van der Waals surface area contributed by atoms with Gasteiger partial charge in [-0.2, -0.15) is 5.26 Å². The van der Waals surface area contributed by atoms with Gasteiger partial charge < -0.3 is 5.32 Å². The first-order valence-electron chi connectivity index (χ1n) is 6.82. The molecule has 0 saturated carbocycles. The van der Waals surface area contributed by atoms with Crippen LogP contribution in [0.25, 0.3) is 0 Å². The maximum atomic E-state index is 13.2. The minimum absolute atomic E-state index is 0.243. The number of pyridine rings is 1. The van der Waals surface area contributed by atoms with E-state index in [1.165, 1.54) is 12.1 Å². The van der Waals surface area contributed by atoms with Gasteiger partial charge in [-0.25, -0.2) is 13.8 Å². The molecule has 1 heterocycles. The molecule has 2 aromatic rings. The third kappa shape index (κ3) is 2.84. The molecule has 0 saturated heterocycles. The number of nitrogens with zero attached hydrogens (tertiary/aromatic N) is 2. The van der Waals surface area contributed by atoms with Gasteiger partial charge >= 0.3 is 0 Å². The van der Waals surface area contributed by atoms with Crippen LogP contribution in [-0.4, -0.2) is 4.98 Å². The Kier molecular flexibility index (Phi) is 3.53. The number of rotatable bonds is 2. The molecule has 0 bridgehead atoms. The van der Waals surface area contributed by atoms with E-state index in [2.05, 4.69) is 16.4 Å². The Morgan fingerprint density at radius 2 is 1.76 bits per heavy atom. The van der Waals surface area contributed by atoms with Gasteiger partial charge in [-0.1, -0.05) is 0 Å². The standard InChI is InChI=1S/C16H13F2N3/c17-12-6-13(18)8-14(7-12)20-16-11(9-19)5-10-3-1-2-4-15(10)21-16/h5-8H,1-4H2,(H,20,21). The normalized spacial score (nSPS) is 13.4. The Balaban J connectivity index is 1.99. The van der Waals surface area contributed by atoms with Crippen molar-refractivity contribution in [2.75, 3.05) is 5.32 Å². The quantitative estimate of drug-likeness (QED) is 0.911. The fourth-order valence-electron chi connectivity index (χ4n) is 2.58. The van der Waals surface area contributed by atoms with Gasteiger partial charge in [-0.15, -0.1) is 0 Å². The topological polar surface area (TPSA) is 48.7 Å². The lowest BCUT2D eigenvalue weighted by atomic mass is 9.95. The number of halogens is 2. The van der Waals surface area contributed by atoms with Gasteiger partial charge in [0, 0.05) is 17.4 Å². The lowest BCUT2D eigenvalue weighted by Crippen LogP contribution is -2.09. The molecule has 1 aliphatic rings. The van der Waals surface area contributed by atoms with Crippen LogP contribution in [0.15, 0.2) is 24.3 Å². The molecule has 106 valence electrons.